The van der Waals surface area contributed by atoms with Crippen LogP contribution in [-0.2, 0) is 18.0 Å². The van der Waals surface area contributed by atoms with Crippen LogP contribution in [0.25, 0.3) is 0 Å². The predicted octanol–water partition coefficient (Wildman–Crippen LogP) is 5.64. The maximum Gasteiger partial charge on any atom is 0.481 e. The quantitative estimate of drug-likeness (QED) is 0.181. The molecule has 7 nitrogen and oxygen atoms in total. The number of unbranched alkanes of at least 4 members (excludes halogenated alkanes) is 5. The van der Waals surface area contributed by atoms with E-state index in [2.05, 4.69) is 28.8 Å². The predicted molar refractivity (Wildman–Crippen MR) is 104 cm³/mol. The van der Waals surface area contributed by atoms with Gasteiger partial charge in [0.1, 0.15) is 0 Å². The van der Waals surface area contributed by atoms with E-state index in [4.69, 9.17) is 14.7 Å². The number of phosphoric acid groups is 2. The van der Waals surface area contributed by atoms with Crippen LogP contribution < -0.4 is 0 Å². The highest BCUT2D eigenvalue weighted by molar-refractivity contribution is 7.60. The zero-order valence-corrected chi connectivity index (χ0v) is 17.9. The third kappa shape index (κ3) is 17.2. The second-order valence-electron chi connectivity index (χ2n) is 6.49. The van der Waals surface area contributed by atoms with E-state index >= 15 is 0 Å². The Balaban J connectivity index is 3.98. The van der Waals surface area contributed by atoms with Crippen molar-refractivity contribution in [1.29, 1.82) is 0 Å². The molecule has 154 valence electrons. The second-order valence-corrected chi connectivity index (χ2v) is 9.32. The summed E-state index contributed by atoms with van der Waals surface area (Å²) in [4.78, 5) is 26.1. The second kappa shape index (κ2) is 13.8. The molecular formula is C17H34O7P2. The molecule has 0 spiro atoms. The van der Waals surface area contributed by atoms with Gasteiger partial charge in [-0.1, -0.05) is 62.3 Å². The average molecular weight is 412 g/mol. The molecule has 0 amide bonds. The van der Waals surface area contributed by atoms with Crippen molar-refractivity contribution in [3.05, 3.63) is 23.3 Å². The fourth-order valence-corrected chi connectivity index (χ4v) is 3.89. The van der Waals surface area contributed by atoms with Crippen molar-refractivity contribution >= 4 is 15.6 Å². The summed E-state index contributed by atoms with van der Waals surface area (Å²) in [5.74, 6) is 0. The zero-order chi connectivity index (χ0) is 20.1. The van der Waals surface area contributed by atoms with Gasteiger partial charge in [0.05, 0.1) is 6.61 Å². The molecule has 1 unspecified atom stereocenters. The van der Waals surface area contributed by atoms with Crippen molar-refractivity contribution in [3.63, 3.8) is 0 Å². The lowest BCUT2D eigenvalue weighted by Crippen LogP contribution is -1.94. The van der Waals surface area contributed by atoms with E-state index in [1.54, 1.807) is 6.08 Å². The van der Waals surface area contributed by atoms with E-state index in [1.165, 1.54) is 44.1 Å². The Morgan fingerprint density at radius 2 is 1.46 bits per heavy atom. The molecule has 1 atom stereocenters. The molecule has 0 aromatic heterocycles. The van der Waals surface area contributed by atoms with Crippen molar-refractivity contribution in [1.82, 2.24) is 0 Å². The first-order chi connectivity index (χ1) is 12.1. The minimum absolute atomic E-state index is 0.250. The third-order valence-electron chi connectivity index (χ3n) is 3.84. The Kier molecular flexibility index (Phi) is 13.7. The Bertz CT molecular complexity index is 537. The molecule has 0 aliphatic heterocycles. The van der Waals surface area contributed by atoms with E-state index < -0.39 is 15.6 Å². The van der Waals surface area contributed by atoms with Crippen molar-refractivity contribution in [3.8, 4) is 0 Å². The minimum Gasteiger partial charge on any atom is -0.302 e. The van der Waals surface area contributed by atoms with Crippen LogP contribution in [0.5, 0.6) is 0 Å². The van der Waals surface area contributed by atoms with Gasteiger partial charge in [-0.3, -0.25) is 4.52 Å². The van der Waals surface area contributed by atoms with Gasteiger partial charge in [0.2, 0.25) is 0 Å². The normalized spacial score (nSPS) is 15.9. The van der Waals surface area contributed by atoms with Crippen LogP contribution in [0.4, 0.5) is 0 Å². The van der Waals surface area contributed by atoms with Crippen molar-refractivity contribution in [2.45, 2.75) is 78.6 Å². The van der Waals surface area contributed by atoms with Crippen LogP contribution in [0.15, 0.2) is 23.3 Å². The number of phosphoric ester groups is 1. The summed E-state index contributed by atoms with van der Waals surface area (Å²) >= 11 is 0. The molecule has 3 N–H and O–H groups in total. The summed E-state index contributed by atoms with van der Waals surface area (Å²) in [5.41, 5.74) is 2.34. The maximum atomic E-state index is 11.3. The molecule has 0 rings (SSSR count). The highest BCUT2D eigenvalue weighted by Gasteiger charge is 2.31. The molecule has 0 saturated carbocycles. The highest BCUT2D eigenvalue weighted by Crippen LogP contribution is 2.57. The molecule has 0 aromatic carbocycles. The molecule has 0 bridgehead atoms. The topological polar surface area (TPSA) is 113 Å². The van der Waals surface area contributed by atoms with Crippen LogP contribution in [0.3, 0.4) is 0 Å². The molecule has 0 aliphatic rings. The van der Waals surface area contributed by atoms with Crippen molar-refractivity contribution in [2.75, 3.05) is 6.61 Å². The maximum absolute atomic E-state index is 11.3. The Labute approximate surface area is 157 Å². The fourth-order valence-electron chi connectivity index (χ4n) is 2.37. The molecule has 26 heavy (non-hydrogen) atoms. The van der Waals surface area contributed by atoms with E-state index in [1.807, 2.05) is 6.92 Å². The molecule has 0 heterocycles. The van der Waals surface area contributed by atoms with Crippen LogP contribution >= 0.6 is 15.6 Å². The SMILES string of the molecule is CCCCCCCC/C(C)=C/CC/C(C)=C/COP(=O)(O)OP(=O)(O)O. The zero-order valence-electron chi connectivity index (χ0n) is 16.1. The van der Waals surface area contributed by atoms with Crippen molar-refractivity contribution in [2.24, 2.45) is 0 Å². The summed E-state index contributed by atoms with van der Waals surface area (Å²) in [6.07, 6.45) is 14.3. The van der Waals surface area contributed by atoms with Crippen LogP contribution in [0.2, 0.25) is 0 Å². The number of allylic oxidation sites excluding steroid dienone is 3. The van der Waals surface area contributed by atoms with E-state index in [0.29, 0.717) is 0 Å². The van der Waals surface area contributed by atoms with Gasteiger partial charge in [-0.2, -0.15) is 4.31 Å². The van der Waals surface area contributed by atoms with E-state index in [-0.39, 0.29) is 6.61 Å². The van der Waals surface area contributed by atoms with Gasteiger partial charge in [-0.25, -0.2) is 9.13 Å². The van der Waals surface area contributed by atoms with Crippen LogP contribution in [0.1, 0.15) is 78.6 Å². The molecule has 0 saturated heterocycles. The molecule has 0 radical (unpaired) electrons. The van der Waals surface area contributed by atoms with E-state index in [9.17, 15) is 9.13 Å². The average Bonchev–Trinajstić information content (AvgIpc) is 2.48. The first kappa shape index (κ1) is 25.7. The summed E-state index contributed by atoms with van der Waals surface area (Å²) in [5, 5.41) is 0. The summed E-state index contributed by atoms with van der Waals surface area (Å²) < 4.78 is 30.0. The molecule has 0 aromatic rings. The Morgan fingerprint density at radius 1 is 0.885 bits per heavy atom. The highest BCUT2D eigenvalue weighted by atomic mass is 31.3. The molecule has 0 fully saturated rings. The van der Waals surface area contributed by atoms with Gasteiger partial charge in [0, 0.05) is 0 Å². The molecular weight excluding hydrogens is 378 g/mol. The smallest absolute Gasteiger partial charge is 0.302 e. The van der Waals surface area contributed by atoms with Gasteiger partial charge in [-0.15, -0.1) is 0 Å². The first-order valence-corrected chi connectivity index (χ1v) is 12.1. The van der Waals surface area contributed by atoms with Gasteiger partial charge in [0.15, 0.2) is 0 Å². The number of hydrogen-bond acceptors (Lipinski definition) is 4. The lowest BCUT2D eigenvalue weighted by atomic mass is 10.0. The van der Waals surface area contributed by atoms with Gasteiger partial charge in [0.25, 0.3) is 0 Å². The summed E-state index contributed by atoms with van der Waals surface area (Å²) in [6.45, 7) is 5.97. The summed E-state index contributed by atoms with van der Waals surface area (Å²) in [7, 11) is -9.82. The summed E-state index contributed by atoms with van der Waals surface area (Å²) in [6, 6.07) is 0. The van der Waals surface area contributed by atoms with Gasteiger partial charge < -0.3 is 14.7 Å². The fraction of sp³-hybridized carbons (Fsp3) is 0.765. The largest absolute Gasteiger partial charge is 0.481 e. The number of hydrogen-bond donors (Lipinski definition) is 3. The first-order valence-electron chi connectivity index (χ1n) is 9.11. The van der Waals surface area contributed by atoms with Gasteiger partial charge in [-0.05, 0) is 39.5 Å². The Morgan fingerprint density at radius 3 is 2.08 bits per heavy atom. The lowest BCUT2D eigenvalue weighted by Gasteiger charge is -2.11. The third-order valence-corrected chi connectivity index (χ3v) is 5.99. The van der Waals surface area contributed by atoms with Crippen LogP contribution in [-0.4, -0.2) is 21.3 Å². The van der Waals surface area contributed by atoms with Crippen LogP contribution in [0, 0.1) is 0 Å². The monoisotopic (exact) mass is 412 g/mol. The molecule has 0 aliphatic carbocycles. The lowest BCUT2D eigenvalue weighted by molar-refractivity contribution is 0.191. The standard InChI is InChI=1S/C17H34O7P2/c1-4-5-6-7-8-9-11-16(2)12-10-13-17(3)14-15-23-26(21,22)24-25(18,19)20/h12,14H,4-11,13,15H2,1-3H3,(H,21,22)(H2,18,19,20)/b16-12+,17-14+. The minimum atomic E-state index is -5.06. The number of rotatable bonds is 15. The van der Waals surface area contributed by atoms with Crippen molar-refractivity contribution < 1.29 is 32.6 Å². The molecule has 9 heteroatoms. The van der Waals surface area contributed by atoms with Gasteiger partial charge >= 0.3 is 15.6 Å². The van der Waals surface area contributed by atoms with E-state index in [0.717, 1.165) is 24.8 Å². The Hall–Kier alpha value is -0.260.